The number of nitrogens with two attached hydrogens (primary N) is 1. The summed E-state index contributed by atoms with van der Waals surface area (Å²) >= 11 is 1.37. The van der Waals surface area contributed by atoms with Gasteiger partial charge in [-0.25, -0.2) is 14.4 Å². The zero-order valence-electron chi connectivity index (χ0n) is 9.31. The van der Waals surface area contributed by atoms with Crippen LogP contribution in [-0.4, -0.2) is 16.6 Å². The number of ether oxygens (including phenoxy) is 1. The number of rotatable bonds is 4. The SMILES string of the molecule is CCOc1nccc(-c2cnc(CN)s2)c1F. The van der Waals surface area contributed by atoms with Gasteiger partial charge < -0.3 is 10.5 Å². The second-order valence-electron chi connectivity index (χ2n) is 3.23. The van der Waals surface area contributed by atoms with Crippen LogP contribution in [0.5, 0.6) is 5.88 Å². The van der Waals surface area contributed by atoms with E-state index in [4.69, 9.17) is 10.5 Å². The molecule has 0 saturated heterocycles. The molecule has 0 radical (unpaired) electrons. The maximum absolute atomic E-state index is 14.0. The van der Waals surface area contributed by atoms with Gasteiger partial charge in [-0.05, 0) is 13.0 Å². The fourth-order valence-corrected chi connectivity index (χ4v) is 2.20. The van der Waals surface area contributed by atoms with E-state index in [9.17, 15) is 4.39 Å². The Hall–Kier alpha value is -1.53. The van der Waals surface area contributed by atoms with Gasteiger partial charge in [-0.3, -0.25) is 0 Å². The summed E-state index contributed by atoms with van der Waals surface area (Å²) < 4.78 is 19.1. The molecule has 0 aliphatic rings. The van der Waals surface area contributed by atoms with Crippen LogP contribution in [0, 0.1) is 5.82 Å². The van der Waals surface area contributed by atoms with Crippen molar-refractivity contribution in [1.82, 2.24) is 9.97 Å². The van der Waals surface area contributed by atoms with Crippen molar-refractivity contribution >= 4 is 11.3 Å². The van der Waals surface area contributed by atoms with Crippen LogP contribution < -0.4 is 10.5 Å². The summed E-state index contributed by atoms with van der Waals surface area (Å²) in [5.41, 5.74) is 5.92. The van der Waals surface area contributed by atoms with E-state index >= 15 is 0 Å². The van der Waals surface area contributed by atoms with Crippen molar-refractivity contribution in [2.75, 3.05) is 6.61 Å². The molecule has 0 spiro atoms. The molecule has 0 saturated carbocycles. The minimum absolute atomic E-state index is 0.0210. The number of halogens is 1. The molecule has 0 bridgehead atoms. The Kier molecular flexibility index (Phi) is 3.65. The first kappa shape index (κ1) is 11.9. The van der Waals surface area contributed by atoms with E-state index in [0.717, 1.165) is 9.88 Å². The predicted molar refractivity (Wildman–Crippen MR) is 64.4 cm³/mol. The van der Waals surface area contributed by atoms with Crippen LogP contribution >= 0.6 is 11.3 Å². The third kappa shape index (κ3) is 2.42. The van der Waals surface area contributed by atoms with Crippen LogP contribution in [0.1, 0.15) is 11.9 Å². The van der Waals surface area contributed by atoms with E-state index in [1.165, 1.54) is 17.5 Å². The Morgan fingerprint density at radius 3 is 2.94 bits per heavy atom. The number of pyridine rings is 1. The maximum Gasteiger partial charge on any atom is 0.251 e. The Morgan fingerprint density at radius 2 is 2.29 bits per heavy atom. The highest BCUT2D eigenvalue weighted by molar-refractivity contribution is 7.15. The van der Waals surface area contributed by atoms with Gasteiger partial charge in [0.05, 0.1) is 11.5 Å². The quantitative estimate of drug-likeness (QED) is 0.907. The second kappa shape index (κ2) is 5.20. The molecule has 17 heavy (non-hydrogen) atoms. The molecule has 0 aliphatic carbocycles. The summed E-state index contributed by atoms with van der Waals surface area (Å²) in [6, 6.07) is 1.60. The lowest BCUT2D eigenvalue weighted by atomic mass is 10.2. The molecule has 2 aromatic heterocycles. The topological polar surface area (TPSA) is 61.0 Å². The van der Waals surface area contributed by atoms with Gasteiger partial charge in [-0.1, -0.05) is 0 Å². The number of aromatic nitrogens is 2. The largest absolute Gasteiger partial charge is 0.476 e. The summed E-state index contributed by atoms with van der Waals surface area (Å²) in [5, 5.41) is 0.772. The average molecular weight is 253 g/mol. The molecule has 4 nitrogen and oxygen atoms in total. The van der Waals surface area contributed by atoms with Gasteiger partial charge in [0.25, 0.3) is 5.88 Å². The second-order valence-corrected chi connectivity index (χ2v) is 4.35. The van der Waals surface area contributed by atoms with Gasteiger partial charge in [0.1, 0.15) is 5.01 Å². The Labute approximate surface area is 102 Å². The van der Waals surface area contributed by atoms with Crippen molar-refractivity contribution in [2.24, 2.45) is 5.73 Å². The lowest BCUT2D eigenvalue weighted by molar-refractivity contribution is 0.308. The molecule has 0 aliphatic heterocycles. The van der Waals surface area contributed by atoms with Gasteiger partial charge >= 0.3 is 0 Å². The van der Waals surface area contributed by atoms with Crippen molar-refractivity contribution in [3.05, 3.63) is 29.3 Å². The summed E-state index contributed by atoms with van der Waals surface area (Å²) in [6.45, 7) is 2.52. The summed E-state index contributed by atoms with van der Waals surface area (Å²) in [4.78, 5) is 8.66. The zero-order valence-corrected chi connectivity index (χ0v) is 10.1. The van der Waals surface area contributed by atoms with Crippen LogP contribution in [0.2, 0.25) is 0 Å². The van der Waals surface area contributed by atoms with Crippen molar-refractivity contribution < 1.29 is 9.13 Å². The third-order valence-electron chi connectivity index (χ3n) is 2.13. The van der Waals surface area contributed by atoms with E-state index in [1.54, 1.807) is 19.2 Å². The van der Waals surface area contributed by atoms with Crippen molar-refractivity contribution in [3.63, 3.8) is 0 Å². The van der Waals surface area contributed by atoms with Crippen molar-refractivity contribution in [2.45, 2.75) is 13.5 Å². The normalized spacial score (nSPS) is 10.5. The van der Waals surface area contributed by atoms with Crippen LogP contribution in [-0.2, 0) is 6.54 Å². The fraction of sp³-hybridized carbons (Fsp3) is 0.273. The Bertz CT molecular complexity index is 515. The van der Waals surface area contributed by atoms with Crippen molar-refractivity contribution in [1.29, 1.82) is 0 Å². The molecule has 2 heterocycles. The van der Waals surface area contributed by atoms with Crippen LogP contribution in [0.25, 0.3) is 10.4 Å². The first-order chi connectivity index (χ1) is 8.26. The standard InChI is InChI=1S/C11H12FN3OS/c1-2-16-11-10(12)7(3-4-14-11)8-6-15-9(5-13)17-8/h3-4,6H,2,5,13H2,1H3. The number of thiazole rings is 1. The molecule has 6 heteroatoms. The highest BCUT2D eigenvalue weighted by Crippen LogP contribution is 2.31. The molecule has 90 valence electrons. The van der Waals surface area contributed by atoms with E-state index in [0.29, 0.717) is 18.7 Å². The maximum atomic E-state index is 14.0. The van der Waals surface area contributed by atoms with E-state index < -0.39 is 5.82 Å². The van der Waals surface area contributed by atoms with Gasteiger partial charge in [0.15, 0.2) is 5.82 Å². The van der Waals surface area contributed by atoms with Gasteiger partial charge in [-0.2, -0.15) is 0 Å². The average Bonchev–Trinajstić information content (AvgIpc) is 2.80. The summed E-state index contributed by atoms with van der Waals surface area (Å²) in [7, 11) is 0. The molecular formula is C11H12FN3OS. The number of hydrogen-bond acceptors (Lipinski definition) is 5. The predicted octanol–water partition coefficient (Wildman–Crippen LogP) is 2.20. The monoisotopic (exact) mass is 253 g/mol. The summed E-state index contributed by atoms with van der Waals surface area (Å²) in [5.74, 6) is -0.436. The lowest BCUT2D eigenvalue weighted by Crippen LogP contribution is -1.98. The molecule has 0 unspecified atom stereocenters. The van der Waals surface area contributed by atoms with Gasteiger partial charge in [0.2, 0.25) is 0 Å². The smallest absolute Gasteiger partial charge is 0.251 e. The molecular weight excluding hydrogens is 241 g/mol. The highest BCUT2D eigenvalue weighted by atomic mass is 32.1. The Balaban J connectivity index is 2.41. The first-order valence-electron chi connectivity index (χ1n) is 5.18. The first-order valence-corrected chi connectivity index (χ1v) is 6.00. The lowest BCUT2D eigenvalue weighted by Gasteiger charge is -2.05. The van der Waals surface area contributed by atoms with Gasteiger partial charge in [-0.15, -0.1) is 11.3 Å². The van der Waals surface area contributed by atoms with Crippen LogP contribution in [0.4, 0.5) is 4.39 Å². The van der Waals surface area contributed by atoms with E-state index in [1.807, 2.05) is 0 Å². The van der Waals surface area contributed by atoms with Crippen molar-refractivity contribution in [3.8, 4) is 16.3 Å². The van der Waals surface area contributed by atoms with E-state index in [-0.39, 0.29) is 5.88 Å². The molecule has 0 amide bonds. The number of nitrogens with zero attached hydrogens (tertiary/aromatic N) is 2. The molecule has 0 aromatic carbocycles. The summed E-state index contributed by atoms with van der Waals surface area (Å²) in [6.07, 6.45) is 3.13. The molecule has 2 aromatic rings. The van der Waals surface area contributed by atoms with Gasteiger partial charge in [0, 0.05) is 24.5 Å². The molecule has 2 N–H and O–H groups in total. The third-order valence-corrected chi connectivity index (χ3v) is 3.18. The van der Waals surface area contributed by atoms with Crippen LogP contribution in [0.3, 0.4) is 0 Å². The Morgan fingerprint density at radius 1 is 1.47 bits per heavy atom. The zero-order chi connectivity index (χ0) is 12.3. The highest BCUT2D eigenvalue weighted by Gasteiger charge is 2.14. The van der Waals surface area contributed by atoms with Crippen LogP contribution in [0.15, 0.2) is 18.5 Å². The minimum Gasteiger partial charge on any atom is -0.476 e. The van der Waals surface area contributed by atoms with E-state index in [2.05, 4.69) is 9.97 Å². The molecule has 2 rings (SSSR count). The molecule has 0 atom stereocenters. The molecule has 0 fully saturated rings. The number of hydrogen-bond donors (Lipinski definition) is 1. The fourth-order valence-electron chi connectivity index (χ4n) is 1.38. The minimum atomic E-state index is -0.457.